The summed E-state index contributed by atoms with van der Waals surface area (Å²) in [5, 5.41) is 0. The van der Waals surface area contributed by atoms with Crippen LogP contribution < -0.4 is 0 Å². The first-order valence-electron chi connectivity index (χ1n) is 4.58. The summed E-state index contributed by atoms with van der Waals surface area (Å²) in [6.07, 6.45) is 12.2. The maximum absolute atomic E-state index is 2.50. The van der Waals surface area contributed by atoms with Gasteiger partial charge in [-0.15, -0.1) is 17.0 Å². The average molecular weight is 230 g/mol. The van der Waals surface area contributed by atoms with Gasteiger partial charge >= 0.3 is 0 Å². The highest BCUT2D eigenvalue weighted by Gasteiger charge is 2.12. The molecule has 0 aromatic heterocycles. The molecule has 1 saturated heterocycles. The van der Waals surface area contributed by atoms with Gasteiger partial charge in [0.1, 0.15) is 0 Å². The minimum absolute atomic E-state index is 0. The molecule has 1 nitrogen and oxygen atoms in total. The molecular formula is C10H16BrN. The van der Waals surface area contributed by atoms with Crippen molar-refractivity contribution >= 4 is 17.0 Å². The molecule has 0 atom stereocenters. The second kappa shape index (κ2) is 4.70. The summed E-state index contributed by atoms with van der Waals surface area (Å²) in [6, 6.07) is 0. The van der Waals surface area contributed by atoms with Crippen LogP contribution in [-0.4, -0.2) is 18.0 Å². The van der Waals surface area contributed by atoms with E-state index >= 15 is 0 Å². The highest BCUT2D eigenvalue weighted by molar-refractivity contribution is 8.93. The van der Waals surface area contributed by atoms with Gasteiger partial charge in [0.15, 0.2) is 0 Å². The Balaban J connectivity index is 0.000000720. The van der Waals surface area contributed by atoms with Crippen molar-refractivity contribution in [2.24, 2.45) is 0 Å². The van der Waals surface area contributed by atoms with Crippen LogP contribution in [0.5, 0.6) is 0 Å². The molecule has 0 unspecified atom stereocenters. The van der Waals surface area contributed by atoms with Gasteiger partial charge in [-0.2, -0.15) is 0 Å². The van der Waals surface area contributed by atoms with Crippen LogP contribution in [0.25, 0.3) is 0 Å². The van der Waals surface area contributed by atoms with Crippen molar-refractivity contribution in [1.29, 1.82) is 0 Å². The van der Waals surface area contributed by atoms with Gasteiger partial charge < -0.3 is 4.90 Å². The zero-order valence-corrected chi connectivity index (χ0v) is 9.04. The lowest BCUT2D eigenvalue weighted by Gasteiger charge is -2.20. The van der Waals surface area contributed by atoms with Gasteiger partial charge in [0.2, 0.25) is 0 Å². The highest BCUT2D eigenvalue weighted by Crippen LogP contribution is 2.19. The van der Waals surface area contributed by atoms with Crippen molar-refractivity contribution in [3.8, 4) is 0 Å². The largest absolute Gasteiger partial charge is 0.372 e. The number of allylic oxidation sites excluding steroid dienone is 3. The molecule has 1 fully saturated rings. The molecule has 0 amide bonds. The summed E-state index contributed by atoms with van der Waals surface area (Å²) in [7, 11) is 0. The van der Waals surface area contributed by atoms with Gasteiger partial charge in [-0.05, 0) is 31.8 Å². The first-order chi connectivity index (χ1) is 5.47. The molecule has 12 heavy (non-hydrogen) atoms. The Hall–Kier alpha value is -0.240. The first kappa shape index (κ1) is 9.85. The average Bonchev–Trinajstić information content (AvgIpc) is 2.58. The van der Waals surface area contributed by atoms with E-state index in [1.807, 2.05) is 0 Å². The smallest absolute Gasteiger partial charge is 0.0322 e. The van der Waals surface area contributed by atoms with Crippen molar-refractivity contribution in [3.05, 3.63) is 23.9 Å². The Morgan fingerprint density at radius 3 is 2.42 bits per heavy atom. The second-order valence-electron chi connectivity index (χ2n) is 3.30. The highest BCUT2D eigenvalue weighted by atomic mass is 79.9. The number of hydrogen-bond acceptors (Lipinski definition) is 1. The lowest BCUT2D eigenvalue weighted by atomic mass is 10.1. The minimum Gasteiger partial charge on any atom is -0.372 e. The van der Waals surface area contributed by atoms with E-state index in [0.29, 0.717) is 0 Å². The summed E-state index contributed by atoms with van der Waals surface area (Å²) >= 11 is 0. The van der Waals surface area contributed by atoms with E-state index < -0.39 is 0 Å². The minimum atomic E-state index is 0. The van der Waals surface area contributed by atoms with Crippen LogP contribution in [0.3, 0.4) is 0 Å². The number of halogens is 1. The maximum Gasteiger partial charge on any atom is 0.0322 e. The van der Waals surface area contributed by atoms with Crippen LogP contribution in [-0.2, 0) is 0 Å². The maximum atomic E-state index is 2.50. The Labute approximate surface area is 84.9 Å². The van der Waals surface area contributed by atoms with Crippen LogP contribution >= 0.6 is 17.0 Å². The Morgan fingerprint density at radius 1 is 1.08 bits per heavy atom. The van der Waals surface area contributed by atoms with Crippen molar-refractivity contribution in [2.45, 2.75) is 25.7 Å². The molecular weight excluding hydrogens is 214 g/mol. The quantitative estimate of drug-likeness (QED) is 0.669. The summed E-state index contributed by atoms with van der Waals surface area (Å²) in [4.78, 5) is 2.50. The standard InChI is InChI=1S/C10H15N.BrH/c1-2-6-10(7-3-1)11-8-4-5-9-11;/h2,6-7H,1,3-5,8-9H2;1H. The van der Waals surface area contributed by atoms with Crippen LogP contribution in [0, 0.1) is 0 Å². The third-order valence-electron chi connectivity index (χ3n) is 2.45. The van der Waals surface area contributed by atoms with Crippen molar-refractivity contribution in [2.75, 3.05) is 13.1 Å². The van der Waals surface area contributed by atoms with Gasteiger partial charge in [-0.25, -0.2) is 0 Å². The Kier molecular flexibility index (Phi) is 3.86. The topological polar surface area (TPSA) is 3.24 Å². The normalized spacial score (nSPS) is 22.0. The molecule has 0 aromatic carbocycles. The lowest BCUT2D eigenvalue weighted by molar-refractivity contribution is 0.436. The Morgan fingerprint density at radius 2 is 1.83 bits per heavy atom. The molecule has 1 aliphatic heterocycles. The molecule has 1 heterocycles. The summed E-state index contributed by atoms with van der Waals surface area (Å²) in [5.41, 5.74) is 1.47. The number of hydrogen-bond donors (Lipinski definition) is 0. The summed E-state index contributed by atoms with van der Waals surface area (Å²) < 4.78 is 0. The zero-order valence-electron chi connectivity index (χ0n) is 7.33. The van der Waals surface area contributed by atoms with Crippen molar-refractivity contribution in [3.63, 3.8) is 0 Å². The lowest BCUT2D eigenvalue weighted by Crippen LogP contribution is -2.17. The van der Waals surface area contributed by atoms with Crippen LogP contribution in [0.4, 0.5) is 0 Å². The van der Waals surface area contributed by atoms with Gasteiger partial charge in [-0.1, -0.05) is 12.2 Å². The number of rotatable bonds is 1. The van der Waals surface area contributed by atoms with Crippen LogP contribution in [0.1, 0.15) is 25.7 Å². The fraction of sp³-hybridized carbons (Fsp3) is 0.600. The predicted octanol–water partition coefficient (Wildman–Crippen LogP) is 2.89. The second-order valence-corrected chi connectivity index (χ2v) is 3.30. The molecule has 0 aromatic rings. The van der Waals surface area contributed by atoms with Crippen LogP contribution in [0.2, 0.25) is 0 Å². The molecule has 0 radical (unpaired) electrons. The molecule has 2 aliphatic rings. The van der Waals surface area contributed by atoms with E-state index in [1.165, 1.54) is 44.5 Å². The molecule has 0 saturated carbocycles. The summed E-state index contributed by atoms with van der Waals surface area (Å²) in [6.45, 7) is 2.55. The first-order valence-corrected chi connectivity index (χ1v) is 4.58. The monoisotopic (exact) mass is 229 g/mol. The van der Waals surface area contributed by atoms with E-state index in [9.17, 15) is 0 Å². The molecule has 1 aliphatic carbocycles. The third-order valence-corrected chi connectivity index (χ3v) is 2.45. The fourth-order valence-electron chi connectivity index (χ4n) is 1.81. The van der Waals surface area contributed by atoms with Crippen LogP contribution in [0.15, 0.2) is 23.9 Å². The van der Waals surface area contributed by atoms with E-state index in [4.69, 9.17) is 0 Å². The van der Waals surface area contributed by atoms with E-state index in [0.717, 1.165) is 0 Å². The molecule has 2 heteroatoms. The number of nitrogens with zero attached hydrogens (tertiary/aromatic N) is 1. The van der Waals surface area contributed by atoms with Gasteiger partial charge in [-0.3, -0.25) is 0 Å². The number of likely N-dealkylation sites (tertiary alicyclic amines) is 1. The third kappa shape index (κ3) is 2.13. The molecule has 68 valence electrons. The summed E-state index contributed by atoms with van der Waals surface area (Å²) in [5.74, 6) is 0. The predicted molar refractivity (Wildman–Crippen MR) is 57.6 cm³/mol. The SMILES string of the molecule is Br.C1=CC(N2CCCC2)=CCC1. The van der Waals surface area contributed by atoms with Crippen molar-refractivity contribution in [1.82, 2.24) is 4.90 Å². The van der Waals surface area contributed by atoms with E-state index in [2.05, 4.69) is 23.1 Å². The van der Waals surface area contributed by atoms with Crippen molar-refractivity contribution < 1.29 is 0 Å². The molecule has 0 spiro atoms. The van der Waals surface area contributed by atoms with E-state index in [1.54, 1.807) is 0 Å². The Bertz CT molecular complexity index is 190. The van der Waals surface area contributed by atoms with Gasteiger partial charge in [0.25, 0.3) is 0 Å². The van der Waals surface area contributed by atoms with Gasteiger partial charge in [0, 0.05) is 18.8 Å². The molecule has 0 bridgehead atoms. The molecule has 0 N–H and O–H groups in total. The molecule has 2 rings (SSSR count). The zero-order chi connectivity index (χ0) is 7.52. The fourth-order valence-corrected chi connectivity index (χ4v) is 1.81. The van der Waals surface area contributed by atoms with E-state index in [-0.39, 0.29) is 17.0 Å². The van der Waals surface area contributed by atoms with Gasteiger partial charge in [0.05, 0.1) is 0 Å².